The van der Waals surface area contributed by atoms with E-state index in [9.17, 15) is 13.5 Å². The Kier molecular flexibility index (Phi) is 2.09. The van der Waals surface area contributed by atoms with Gasteiger partial charge in [-0.2, -0.15) is 0 Å². The summed E-state index contributed by atoms with van der Waals surface area (Å²) in [5.41, 5.74) is 5.35. The number of hydrogen-bond acceptors (Lipinski definition) is 4. The van der Waals surface area contributed by atoms with Crippen LogP contribution < -0.4 is 10.9 Å². The Bertz CT molecular complexity index is 333. The first-order chi connectivity index (χ1) is 5.38. The van der Waals surface area contributed by atoms with Crippen LogP contribution in [0, 0.1) is 0 Å². The van der Waals surface area contributed by atoms with E-state index in [4.69, 9.17) is 10.9 Å². The fourth-order valence-corrected chi connectivity index (χ4v) is 1.64. The topological polar surface area (TPSA) is 106 Å². The molecule has 0 aliphatic heterocycles. The van der Waals surface area contributed by atoms with E-state index in [1.54, 1.807) is 6.08 Å². The van der Waals surface area contributed by atoms with Crippen LogP contribution in [0.3, 0.4) is 0 Å². The van der Waals surface area contributed by atoms with Crippen LogP contribution in [0.5, 0.6) is 0 Å². The van der Waals surface area contributed by atoms with Crippen molar-refractivity contribution in [1.82, 2.24) is 0 Å². The molecule has 0 aromatic heterocycles. The summed E-state index contributed by atoms with van der Waals surface area (Å²) in [5, 5.41) is 14.3. The molecular weight excluding hydrogens is 180 g/mol. The number of nitrogens with two attached hydrogens (primary N) is 2. The summed E-state index contributed by atoms with van der Waals surface area (Å²) in [5.74, 6) is 0. The molecule has 0 bridgehead atoms. The first-order valence-corrected chi connectivity index (χ1v) is 4.79. The third-order valence-electron chi connectivity index (χ3n) is 1.70. The molecule has 0 aromatic rings. The van der Waals surface area contributed by atoms with E-state index in [0.29, 0.717) is 0 Å². The molecule has 0 fully saturated rings. The van der Waals surface area contributed by atoms with Gasteiger partial charge in [0, 0.05) is 0 Å². The molecule has 1 aliphatic carbocycles. The van der Waals surface area contributed by atoms with E-state index >= 15 is 0 Å². The van der Waals surface area contributed by atoms with E-state index in [1.165, 1.54) is 12.2 Å². The van der Waals surface area contributed by atoms with Crippen LogP contribution in [0.4, 0.5) is 0 Å². The van der Waals surface area contributed by atoms with Crippen molar-refractivity contribution in [2.24, 2.45) is 10.9 Å². The SMILES string of the molecule is NC1C=CC=CC1(O)S(N)(=O)=O. The second-order valence-electron chi connectivity index (χ2n) is 2.57. The average molecular weight is 190 g/mol. The molecule has 1 aliphatic rings. The summed E-state index contributed by atoms with van der Waals surface area (Å²) in [6, 6.07) is -1.02. The molecule has 0 radical (unpaired) electrons. The summed E-state index contributed by atoms with van der Waals surface area (Å²) in [6.45, 7) is 0. The Hall–Kier alpha value is -0.690. The minimum Gasteiger partial charge on any atom is -0.369 e. The summed E-state index contributed by atoms with van der Waals surface area (Å²) in [4.78, 5) is -2.16. The van der Waals surface area contributed by atoms with Crippen LogP contribution in [0.25, 0.3) is 0 Å². The minimum absolute atomic E-state index is 1.02. The van der Waals surface area contributed by atoms with Gasteiger partial charge in [0.05, 0.1) is 6.04 Å². The molecule has 12 heavy (non-hydrogen) atoms. The van der Waals surface area contributed by atoms with Crippen LogP contribution in [0.15, 0.2) is 24.3 Å². The van der Waals surface area contributed by atoms with Crippen molar-refractivity contribution >= 4 is 10.0 Å². The quantitative estimate of drug-likeness (QED) is 0.463. The lowest BCUT2D eigenvalue weighted by Gasteiger charge is -2.28. The predicted octanol–water partition coefficient (Wildman–Crippen LogP) is -1.58. The largest absolute Gasteiger partial charge is 0.369 e. The van der Waals surface area contributed by atoms with Gasteiger partial charge >= 0.3 is 0 Å². The van der Waals surface area contributed by atoms with Crippen LogP contribution >= 0.6 is 0 Å². The number of aliphatic hydroxyl groups is 1. The highest BCUT2D eigenvalue weighted by molar-refractivity contribution is 7.90. The maximum absolute atomic E-state index is 10.9. The summed E-state index contributed by atoms with van der Waals surface area (Å²) < 4.78 is 21.8. The van der Waals surface area contributed by atoms with Gasteiger partial charge in [-0.3, -0.25) is 0 Å². The molecule has 5 N–H and O–H groups in total. The Morgan fingerprint density at radius 2 is 2.00 bits per heavy atom. The molecule has 0 heterocycles. The molecule has 2 unspecified atom stereocenters. The van der Waals surface area contributed by atoms with Gasteiger partial charge in [0.2, 0.25) is 15.0 Å². The molecule has 2 atom stereocenters. The van der Waals surface area contributed by atoms with Crippen molar-refractivity contribution in [3.05, 3.63) is 24.3 Å². The smallest absolute Gasteiger partial charge is 0.244 e. The third-order valence-corrected chi connectivity index (χ3v) is 3.02. The van der Waals surface area contributed by atoms with Crippen LogP contribution in [0.1, 0.15) is 0 Å². The number of allylic oxidation sites excluding steroid dienone is 2. The van der Waals surface area contributed by atoms with E-state index in [2.05, 4.69) is 0 Å². The van der Waals surface area contributed by atoms with Crippen LogP contribution in [-0.2, 0) is 10.0 Å². The maximum atomic E-state index is 10.9. The highest BCUT2D eigenvalue weighted by Crippen LogP contribution is 2.20. The first kappa shape index (κ1) is 9.40. The van der Waals surface area contributed by atoms with E-state index in [0.717, 1.165) is 6.08 Å². The van der Waals surface area contributed by atoms with Gasteiger partial charge in [0.25, 0.3) is 0 Å². The van der Waals surface area contributed by atoms with E-state index in [1.807, 2.05) is 0 Å². The number of primary sulfonamides is 1. The summed E-state index contributed by atoms with van der Waals surface area (Å²) in [7, 11) is -4.08. The molecule has 5 nitrogen and oxygen atoms in total. The zero-order chi connectivity index (χ0) is 9.41. The van der Waals surface area contributed by atoms with Crippen molar-refractivity contribution in [2.75, 3.05) is 0 Å². The van der Waals surface area contributed by atoms with Crippen LogP contribution in [0.2, 0.25) is 0 Å². The van der Waals surface area contributed by atoms with Gasteiger partial charge in [-0.25, -0.2) is 13.6 Å². The fraction of sp³-hybridized carbons (Fsp3) is 0.333. The van der Waals surface area contributed by atoms with Gasteiger partial charge < -0.3 is 10.8 Å². The monoisotopic (exact) mass is 190 g/mol. The Labute approximate surface area is 70.4 Å². The van der Waals surface area contributed by atoms with E-state index < -0.39 is 21.0 Å². The molecule has 0 saturated carbocycles. The standard InChI is InChI=1S/C6H10N2O3S/c7-5-3-1-2-4-6(5,9)12(8,10)11/h1-5,9H,7H2,(H2,8,10,11). The summed E-state index contributed by atoms with van der Waals surface area (Å²) in [6.07, 6.45) is 5.36. The van der Waals surface area contributed by atoms with Crippen molar-refractivity contribution in [3.63, 3.8) is 0 Å². The Morgan fingerprint density at radius 3 is 2.33 bits per heavy atom. The fourth-order valence-electron chi connectivity index (χ4n) is 0.911. The minimum atomic E-state index is -4.08. The van der Waals surface area contributed by atoms with Gasteiger partial charge in [0.1, 0.15) is 0 Å². The summed E-state index contributed by atoms with van der Waals surface area (Å²) >= 11 is 0. The second kappa shape index (κ2) is 2.67. The normalized spacial score (nSPS) is 35.4. The molecule has 6 heteroatoms. The Morgan fingerprint density at radius 1 is 1.42 bits per heavy atom. The van der Waals surface area contributed by atoms with Crippen molar-refractivity contribution < 1.29 is 13.5 Å². The van der Waals surface area contributed by atoms with Crippen molar-refractivity contribution in [2.45, 2.75) is 11.0 Å². The lowest BCUT2D eigenvalue weighted by atomic mass is 10.1. The number of rotatable bonds is 1. The molecule has 0 spiro atoms. The van der Waals surface area contributed by atoms with Gasteiger partial charge in [0.15, 0.2) is 0 Å². The van der Waals surface area contributed by atoms with Crippen molar-refractivity contribution in [3.8, 4) is 0 Å². The zero-order valence-corrected chi connectivity index (χ0v) is 7.03. The van der Waals surface area contributed by atoms with E-state index in [-0.39, 0.29) is 0 Å². The van der Waals surface area contributed by atoms with Gasteiger partial charge in [-0.05, 0) is 6.08 Å². The number of hydrogen-bond donors (Lipinski definition) is 3. The zero-order valence-electron chi connectivity index (χ0n) is 6.21. The Balaban J connectivity index is 3.16. The lowest BCUT2D eigenvalue weighted by molar-refractivity contribution is 0.158. The third kappa shape index (κ3) is 1.29. The van der Waals surface area contributed by atoms with Gasteiger partial charge in [-0.15, -0.1) is 0 Å². The predicted molar refractivity (Wildman–Crippen MR) is 44.3 cm³/mol. The molecule has 68 valence electrons. The molecule has 0 aromatic carbocycles. The molecular formula is C6H10N2O3S. The molecule has 0 saturated heterocycles. The average Bonchev–Trinajstić information content (AvgIpc) is 1.93. The van der Waals surface area contributed by atoms with Crippen LogP contribution in [-0.4, -0.2) is 24.5 Å². The van der Waals surface area contributed by atoms with Gasteiger partial charge in [-0.1, -0.05) is 18.2 Å². The highest BCUT2D eigenvalue weighted by Gasteiger charge is 2.42. The number of sulfonamides is 1. The van der Waals surface area contributed by atoms with Crippen molar-refractivity contribution in [1.29, 1.82) is 0 Å². The lowest BCUT2D eigenvalue weighted by Crippen LogP contribution is -2.54. The second-order valence-corrected chi connectivity index (χ2v) is 4.31. The highest BCUT2D eigenvalue weighted by atomic mass is 32.2. The molecule has 1 rings (SSSR count). The molecule has 0 amide bonds. The first-order valence-electron chi connectivity index (χ1n) is 3.24. The maximum Gasteiger partial charge on any atom is 0.244 e.